The van der Waals surface area contributed by atoms with Gasteiger partial charge < -0.3 is 9.80 Å². The Morgan fingerprint density at radius 1 is 1.03 bits per heavy atom. The molecule has 0 bridgehead atoms. The van der Waals surface area contributed by atoms with Crippen LogP contribution in [0.2, 0.25) is 0 Å². The van der Waals surface area contributed by atoms with Crippen molar-refractivity contribution in [1.82, 2.24) is 14.8 Å². The van der Waals surface area contributed by atoms with Crippen molar-refractivity contribution in [2.75, 3.05) is 50.7 Å². The molecule has 3 fully saturated rings. The molecule has 3 heterocycles. The number of rotatable bonds is 5. The number of halogens is 1. The lowest BCUT2D eigenvalue weighted by Crippen LogP contribution is -2.50. The Kier molecular flexibility index (Phi) is 5.90. The molecule has 2 saturated heterocycles. The number of hydrogen-bond donors (Lipinski definition) is 0. The van der Waals surface area contributed by atoms with Crippen molar-refractivity contribution in [1.29, 1.82) is 0 Å². The minimum Gasteiger partial charge on any atom is -0.354 e. The molecule has 5 nitrogen and oxygen atoms in total. The summed E-state index contributed by atoms with van der Waals surface area (Å²) >= 11 is 0. The number of pyridine rings is 1. The molecule has 31 heavy (non-hydrogen) atoms. The third-order valence-electron chi connectivity index (χ3n) is 7.10. The smallest absolute Gasteiger partial charge is 0.226 e. The van der Waals surface area contributed by atoms with E-state index in [0.717, 1.165) is 70.0 Å². The van der Waals surface area contributed by atoms with Crippen molar-refractivity contribution >= 4 is 11.7 Å². The number of piperazine rings is 1. The van der Waals surface area contributed by atoms with Crippen LogP contribution < -0.4 is 4.90 Å². The first-order valence-electron chi connectivity index (χ1n) is 11.6. The zero-order valence-electron chi connectivity index (χ0n) is 18.0. The topological polar surface area (TPSA) is 39.7 Å². The number of hydrogen-bond acceptors (Lipinski definition) is 4. The summed E-state index contributed by atoms with van der Waals surface area (Å²) in [5.74, 6) is 2.07. The van der Waals surface area contributed by atoms with Gasteiger partial charge in [0.15, 0.2) is 0 Å². The summed E-state index contributed by atoms with van der Waals surface area (Å²) in [5, 5.41) is 0. The van der Waals surface area contributed by atoms with E-state index in [4.69, 9.17) is 0 Å². The van der Waals surface area contributed by atoms with E-state index in [1.165, 1.54) is 18.6 Å². The fraction of sp³-hybridized carbons (Fsp3) is 0.520. The summed E-state index contributed by atoms with van der Waals surface area (Å²) in [4.78, 5) is 24.6. The number of benzene rings is 1. The van der Waals surface area contributed by atoms with E-state index in [2.05, 4.69) is 25.8 Å². The van der Waals surface area contributed by atoms with Crippen LogP contribution in [-0.2, 0) is 4.79 Å². The molecule has 3 aliphatic rings. The number of likely N-dealkylation sites (tertiary alicyclic amines) is 1. The largest absolute Gasteiger partial charge is 0.354 e. The quantitative estimate of drug-likeness (QED) is 0.741. The number of carbonyl (C=O) groups is 1. The first-order chi connectivity index (χ1) is 15.2. The third kappa shape index (κ3) is 4.74. The van der Waals surface area contributed by atoms with E-state index in [0.29, 0.717) is 11.8 Å². The maximum Gasteiger partial charge on any atom is 0.226 e. The predicted molar refractivity (Wildman–Crippen MR) is 119 cm³/mol. The molecule has 1 aromatic heterocycles. The van der Waals surface area contributed by atoms with Gasteiger partial charge in [0.1, 0.15) is 11.6 Å². The minimum atomic E-state index is -0.216. The number of anilines is 1. The number of piperidine rings is 1. The number of nitrogens with zero attached hydrogens (tertiary/aromatic N) is 4. The van der Waals surface area contributed by atoms with Gasteiger partial charge in [-0.15, -0.1) is 0 Å². The average Bonchev–Trinajstić information content (AvgIpc) is 3.61. The van der Waals surface area contributed by atoms with Crippen molar-refractivity contribution in [3.8, 4) is 0 Å². The Hall–Kier alpha value is -2.47. The van der Waals surface area contributed by atoms with Gasteiger partial charge in [0.05, 0.1) is 0 Å². The predicted octanol–water partition coefficient (Wildman–Crippen LogP) is 3.39. The SMILES string of the molecule is O=C(C1CC1c1ccc(F)cc1)N1CCCC(CN2CCN(c3ccccn3)CC2)C1. The van der Waals surface area contributed by atoms with E-state index in [1.807, 2.05) is 30.5 Å². The number of carbonyl (C=O) groups excluding carboxylic acids is 1. The van der Waals surface area contributed by atoms with Gasteiger partial charge in [-0.2, -0.15) is 0 Å². The fourth-order valence-corrected chi connectivity index (χ4v) is 5.26. The van der Waals surface area contributed by atoms with E-state index in [9.17, 15) is 9.18 Å². The van der Waals surface area contributed by atoms with Crippen molar-refractivity contribution in [2.45, 2.75) is 25.2 Å². The van der Waals surface area contributed by atoms with Crippen molar-refractivity contribution in [2.24, 2.45) is 11.8 Å². The molecule has 1 amide bonds. The number of aromatic nitrogens is 1. The van der Waals surface area contributed by atoms with E-state index >= 15 is 0 Å². The van der Waals surface area contributed by atoms with Gasteiger partial charge in [-0.25, -0.2) is 9.37 Å². The molecular weight excluding hydrogens is 391 g/mol. The zero-order valence-corrected chi connectivity index (χ0v) is 18.0. The maximum atomic E-state index is 13.2. The van der Waals surface area contributed by atoms with Crippen LogP contribution in [0.25, 0.3) is 0 Å². The molecule has 0 N–H and O–H groups in total. The fourth-order valence-electron chi connectivity index (χ4n) is 5.26. The Labute approximate surface area is 183 Å². The van der Waals surface area contributed by atoms with Crippen LogP contribution in [0.4, 0.5) is 10.2 Å². The van der Waals surface area contributed by atoms with Crippen LogP contribution >= 0.6 is 0 Å². The van der Waals surface area contributed by atoms with Gasteiger partial charge in [-0.05, 0) is 60.9 Å². The Morgan fingerprint density at radius 2 is 1.84 bits per heavy atom. The molecule has 3 unspecified atom stereocenters. The standard InChI is InChI=1S/C25H31FN4O/c26-21-8-6-20(7-9-21)22-16-23(22)25(31)30-11-3-4-19(18-30)17-28-12-14-29(15-13-28)24-5-1-2-10-27-24/h1-2,5-10,19,22-23H,3-4,11-18H2. The highest BCUT2D eigenvalue weighted by molar-refractivity contribution is 5.83. The van der Waals surface area contributed by atoms with Gasteiger partial charge in [-0.1, -0.05) is 18.2 Å². The maximum absolute atomic E-state index is 13.2. The van der Waals surface area contributed by atoms with Gasteiger partial charge >= 0.3 is 0 Å². The summed E-state index contributed by atoms with van der Waals surface area (Å²) in [6.45, 7) is 6.96. The summed E-state index contributed by atoms with van der Waals surface area (Å²) in [5.41, 5.74) is 1.10. The van der Waals surface area contributed by atoms with Crippen molar-refractivity contribution in [3.05, 3.63) is 60.0 Å². The van der Waals surface area contributed by atoms with Crippen LogP contribution in [0.1, 0.15) is 30.7 Å². The normalized spacial score (nSPS) is 26.7. The highest BCUT2D eigenvalue weighted by atomic mass is 19.1. The van der Waals surface area contributed by atoms with Crippen LogP contribution in [0, 0.1) is 17.7 Å². The lowest BCUT2D eigenvalue weighted by Gasteiger charge is -2.39. The number of amides is 1. The van der Waals surface area contributed by atoms with E-state index in [-0.39, 0.29) is 17.7 Å². The van der Waals surface area contributed by atoms with Gasteiger partial charge in [0.2, 0.25) is 5.91 Å². The molecule has 1 aliphatic carbocycles. The first kappa shape index (κ1) is 20.4. The van der Waals surface area contributed by atoms with E-state index in [1.54, 1.807) is 0 Å². The summed E-state index contributed by atoms with van der Waals surface area (Å²) in [7, 11) is 0. The molecule has 6 heteroatoms. The molecule has 2 aromatic rings. The van der Waals surface area contributed by atoms with Crippen molar-refractivity contribution in [3.63, 3.8) is 0 Å². The molecule has 0 spiro atoms. The first-order valence-corrected chi connectivity index (χ1v) is 11.6. The second-order valence-corrected chi connectivity index (χ2v) is 9.27. The zero-order chi connectivity index (χ0) is 21.2. The second kappa shape index (κ2) is 8.95. The van der Waals surface area contributed by atoms with Crippen molar-refractivity contribution < 1.29 is 9.18 Å². The molecule has 5 rings (SSSR count). The van der Waals surface area contributed by atoms with Gasteiger partial charge in [-0.3, -0.25) is 9.69 Å². The molecular formula is C25H31FN4O. The van der Waals surface area contributed by atoms with E-state index < -0.39 is 0 Å². The molecule has 3 atom stereocenters. The van der Waals surface area contributed by atoms with Crippen LogP contribution in [0.5, 0.6) is 0 Å². The molecule has 2 aliphatic heterocycles. The Bertz CT molecular complexity index is 882. The Morgan fingerprint density at radius 3 is 2.58 bits per heavy atom. The molecule has 1 aromatic carbocycles. The van der Waals surface area contributed by atoms with Crippen LogP contribution in [0.3, 0.4) is 0 Å². The van der Waals surface area contributed by atoms with Gasteiger partial charge in [0.25, 0.3) is 0 Å². The van der Waals surface area contributed by atoms with Crippen LogP contribution in [-0.4, -0.2) is 66.5 Å². The molecule has 164 valence electrons. The Balaban J connectivity index is 1.10. The lowest BCUT2D eigenvalue weighted by atomic mass is 9.96. The van der Waals surface area contributed by atoms with Gasteiger partial charge in [0, 0.05) is 57.9 Å². The monoisotopic (exact) mass is 422 g/mol. The average molecular weight is 423 g/mol. The third-order valence-corrected chi connectivity index (χ3v) is 7.10. The molecule has 1 saturated carbocycles. The summed E-state index contributed by atoms with van der Waals surface area (Å²) in [6.07, 6.45) is 5.06. The highest BCUT2D eigenvalue weighted by Crippen LogP contribution is 2.48. The lowest BCUT2D eigenvalue weighted by molar-refractivity contribution is -0.134. The molecule has 0 radical (unpaired) electrons. The van der Waals surface area contributed by atoms with Crippen LogP contribution in [0.15, 0.2) is 48.7 Å². The summed E-state index contributed by atoms with van der Waals surface area (Å²) < 4.78 is 13.2. The highest BCUT2D eigenvalue weighted by Gasteiger charge is 2.46. The summed E-state index contributed by atoms with van der Waals surface area (Å²) in [6, 6.07) is 12.7. The second-order valence-electron chi connectivity index (χ2n) is 9.27. The minimum absolute atomic E-state index is 0.0890.